The van der Waals surface area contributed by atoms with Crippen LogP contribution in [0.15, 0.2) is 60.7 Å². The summed E-state index contributed by atoms with van der Waals surface area (Å²) in [6.07, 6.45) is 0. The van der Waals surface area contributed by atoms with Crippen LogP contribution < -0.4 is 0 Å². The Morgan fingerprint density at radius 3 is 1.70 bits per heavy atom. The van der Waals surface area contributed by atoms with Gasteiger partial charge < -0.3 is 9.80 Å². The largest absolute Gasteiger partial charge is 0.339 e. The lowest BCUT2D eigenvalue weighted by Crippen LogP contribution is -2.48. The zero-order valence-electron chi connectivity index (χ0n) is 13.4. The molecule has 3 nitrogen and oxygen atoms in total. The molecule has 0 N–H and O–H groups in total. The van der Waals surface area contributed by atoms with Crippen LogP contribution in [0.25, 0.3) is 0 Å². The zero-order chi connectivity index (χ0) is 15.4. The SMILES string of the molecule is CN1CCN(C(=O)C(c2ccccc2)c2ccccc2)CC1.Cl. The molecule has 0 saturated carbocycles. The van der Waals surface area contributed by atoms with Crippen molar-refractivity contribution in [3.05, 3.63) is 71.8 Å². The van der Waals surface area contributed by atoms with Gasteiger partial charge in [0.1, 0.15) is 0 Å². The molecule has 1 amide bonds. The Hall–Kier alpha value is -1.84. The molecular formula is C19H23ClN2O. The number of halogens is 1. The summed E-state index contributed by atoms with van der Waals surface area (Å²) in [6.45, 7) is 3.51. The van der Waals surface area contributed by atoms with Crippen molar-refractivity contribution >= 4 is 18.3 Å². The van der Waals surface area contributed by atoms with Crippen molar-refractivity contribution in [2.24, 2.45) is 0 Å². The van der Waals surface area contributed by atoms with Crippen LogP contribution in [-0.2, 0) is 4.79 Å². The molecular weight excluding hydrogens is 308 g/mol. The van der Waals surface area contributed by atoms with Gasteiger partial charge in [-0.15, -0.1) is 12.4 Å². The van der Waals surface area contributed by atoms with Crippen LogP contribution >= 0.6 is 12.4 Å². The molecule has 0 aromatic heterocycles. The van der Waals surface area contributed by atoms with Gasteiger partial charge in [0.25, 0.3) is 0 Å². The summed E-state index contributed by atoms with van der Waals surface area (Å²) in [4.78, 5) is 17.4. The molecule has 1 aliphatic rings. The molecule has 1 heterocycles. The number of amides is 1. The molecule has 0 radical (unpaired) electrons. The predicted molar refractivity (Wildman–Crippen MR) is 96.1 cm³/mol. The van der Waals surface area contributed by atoms with Gasteiger partial charge in [0, 0.05) is 26.2 Å². The third-order valence-electron chi connectivity index (χ3n) is 4.33. The minimum Gasteiger partial charge on any atom is -0.339 e. The van der Waals surface area contributed by atoms with Crippen LogP contribution in [0.5, 0.6) is 0 Å². The van der Waals surface area contributed by atoms with Crippen LogP contribution in [0.4, 0.5) is 0 Å². The number of rotatable bonds is 3. The Morgan fingerprint density at radius 1 is 0.826 bits per heavy atom. The maximum Gasteiger partial charge on any atom is 0.234 e. The Kier molecular flexibility index (Phi) is 6.20. The minimum atomic E-state index is -0.203. The molecule has 0 spiro atoms. The lowest BCUT2D eigenvalue weighted by atomic mass is 9.90. The van der Waals surface area contributed by atoms with Crippen LogP contribution in [0.2, 0.25) is 0 Å². The van der Waals surface area contributed by atoms with Crippen molar-refractivity contribution in [2.75, 3.05) is 33.2 Å². The van der Waals surface area contributed by atoms with Crippen LogP contribution in [0.3, 0.4) is 0 Å². The molecule has 1 aliphatic heterocycles. The molecule has 0 bridgehead atoms. The van der Waals surface area contributed by atoms with Gasteiger partial charge in [-0.05, 0) is 18.2 Å². The Bertz CT molecular complexity index is 570. The minimum absolute atomic E-state index is 0. The highest BCUT2D eigenvalue weighted by atomic mass is 35.5. The van der Waals surface area contributed by atoms with Crippen LogP contribution in [-0.4, -0.2) is 48.9 Å². The van der Waals surface area contributed by atoms with E-state index in [1.807, 2.05) is 65.6 Å². The van der Waals surface area contributed by atoms with Crippen molar-refractivity contribution in [1.29, 1.82) is 0 Å². The smallest absolute Gasteiger partial charge is 0.234 e. The summed E-state index contributed by atoms with van der Waals surface area (Å²) < 4.78 is 0. The maximum atomic E-state index is 13.1. The molecule has 23 heavy (non-hydrogen) atoms. The highest BCUT2D eigenvalue weighted by Crippen LogP contribution is 2.27. The average Bonchev–Trinajstić information content (AvgIpc) is 2.57. The topological polar surface area (TPSA) is 23.6 Å². The number of hydrogen-bond donors (Lipinski definition) is 0. The molecule has 1 fully saturated rings. The van der Waals surface area contributed by atoms with Crippen molar-refractivity contribution in [1.82, 2.24) is 9.80 Å². The lowest BCUT2D eigenvalue weighted by molar-refractivity contribution is -0.133. The van der Waals surface area contributed by atoms with Gasteiger partial charge in [0.15, 0.2) is 0 Å². The van der Waals surface area contributed by atoms with Gasteiger partial charge in [-0.2, -0.15) is 0 Å². The summed E-state index contributed by atoms with van der Waals surface area (Å²) in [5.41, 5.74) is 2.13. The van der Waals surface area contributed by atoms with E-state index in [2.05, 4.69) is 11.9 Å². The Balaban J connectivity index is 0.00000192. The zero-order valence-corrected chi connectivity index (χ0v) is 14.2. The molecule has 0 atom stereocenters. The van der Waals surface area contributed by atoms with E-state index in [-0.39, 0.29) is 24.2 Å². The van der Waals surface area contributed by atoms with Crippen molar-refractivity contribution in [2.45, 2.75) is 5.92 Å². The van der Waals surface area contributed by atoms with Crippen molar-refractivity contribution < 1.29 is 4.79 Å². The second kappa shape index (κ2) is 8.14. The first kappa shape index (κ1) is 17.5. The van der Waals surface area contributed by atoms with E-state index in [0.717, 1.165) is 37.3 Å². The lowest BCUT2D eigenvalue weighted by Gasteiger charge is -2.35. The summed E-state index contributed by atoms with van der Waals surface area (Å²) in [6, 6.07) is 20.2. The summed E-state index contributed by atoms with van der Waals surface area (Å²) in [5, 5.41) is 0. The number of carbonyl (C=O) groups is 1. The van der Waals surface area contributed by atoms with Gasteiger partial charge in [0.05, 0.1) is 5.92 Å². The van der Waals surface area contributed by atoms with Gasteiger partial charge >= 0.3 is 0 Å². The number of piperazine rings is 1. The molecule has 1 saturated heterocycles. The molecule has 2 aromatic rings. The van der Waals surface area contributed by atoms with E-state index in [1.54, 1.807) is 0 Å². The first-order chi connectivity index (χ1) is 10.8. The first-order valence-electron chi connectivity index (χ1n) is 7.83. The quantitative estimate of drug-likeness (QED) is 0.863. The maximum absolute atomic E-state index is 13.1. The van der Waals surface area contributed by atoms with E-state index < -0.39 is 0 Å². The summed E-state index contributed by atoms with van der Waals surface area (Å²) in [7, 11) is 2.10. The van der Waals surface area contributed by atoms with E-state index in [0.29, 0.717) is 0 Å². The van der Waals surface area contributed by atoms with Gasteiger partial charge in [-0.3, -0.25) is 4.79 Å². The fourth-order valence-electron chi connectivity index (χ4n) is 2.98. The van der Waals surface area contributed by atoms with Crippen molar-refractivity contribution in [3.63, 3.8) is 0 Å². The highest BCUT2D eigenvalue weighted by molar-refractivity contribution is 5.87. The second-order valence-electron chi connectivity index (χ2n) is 5.88. The van der Waals surface area contributed by atoms with E-state index in [4.69, 9.17) is 0 Å². The fraction of sp³-hybridized carbons (Fsp3) is 0.316. The molecule has 3 rings (SSSR count). The first-order valence-corrected chi connectivity index (χ1v) is 7.83. The normalized spacial score (nSPS) is 15.3. The van der Waals surface area contributed by atoms with E-state index in [1.165, 1.54) is 0 Å². The fourth-order valence-corrected chi connectivity index (χ4v) is 2.98. The highest BCUT2D eigenvalue weighted by Gasteiger charge is 2.28. The predicted octanol–water partition coefficient (Wildman–Crippen LogP) is 3.01. The molecule has 0 aliphatic carbocycles. The third-order valence-corrected chi connectivity index (χ3v) is 4.33. The number of nitrogens with zero attached hydrogens (tertiary/aromatic N) is 2. The standard InChI is InChI=1S/C19H22N2O.ClH/c1-20-12-14-21(15-13-20)19(22)18(16-8-4-2-5-9-16)17-10-6-3-7-11-17;/h2-11,18H,12-15H2,1H3;1H. The monoisotopic (exact) mass is 330 g/mol. The summed E-state index contributed by atoms with van der Waals surface area (Å²) in [5.74, 6) is 0.0105. The second-order valence-corrected chi connectivity index (χ2v) is 5.88. The molecule has 2 aromatic carbocycles. The molecule has 0 unspecified atom stereocenters. The third kappa shape index (κ3) is 4.12. The van der Waals surface area contributed by atoms with Gasteiger partial charge in [0.2, 0.25) is 5.91 Å². The number of benzene rings is 2. The average molecular weight is 331 g/mol. The van der Waals surface area contributed by atoms with E-state index in [9.17, 15) is 4.79 Å². The number of likely N-dealkylation sites (N-methyl/N-ethyl adjacent to an activating group) is 1. The molecule has 122 valence electrons. The van der Waals surface area contributed by atoms with E-state index >= 15 is 0 Å². The summed E-state index contributed by atoms with van der Waals surface area (Å²) >= 11 is 0. The van der Waals surface area contributed by atoms with Crippen LogP contribution in [0.1, 0.15) is 17.0 Å². The van der Waals surface area contributed by atoms with Gasteiger partial charge in [-0.1, -0.05) is 60.7 Å². The molecule has 4 heteroatoms. The van der Waals surface area contributed by atoms with Crippen molar-refractivity contribution in [3.8, 4) is 0 Å². The van der Waals surface area contributed by atoms with Crippen LogP contribution in [0, 0.1) is 0 Å². The van der Waals surface area contributed by atoms with Gasteiger partial charge in [-0.25, -0.2) is 0 Å². The Morgan fingerprint density at radius 2 is 1.26 bits per heavy atom. The Labute approximate surface area is 144 Å². The number of carbonyl (C=O) groups excluding carboxylic acids is 1. The number of hydrogen-bond acceptors (Lipinski definition) is 2.